The fourth-order valence-electron chi connectivity index (χ4n) is 1.96. The van der Waals surface area contributed by atoms with Crippen molar-refractivity contribution in [1.29, 1.82) is 0 Å². The molecular weight excluding hydrogens is 258 g/mol. The second kappa shape index (κ2) is 5.56. The lowest BCUT2D eigenvalue weighted by Gasteiger charge is -2.43. The first-order valence-corrected chi connectivity index (χ1v) is 9.61. The van der Waals surface area contributed by atoms with E-state index in [0.29, 0.717) is 19.5 Å². The van der Waals surface area contributed by atoms with Crippen molar-refractivity contribution in [1.82, 2.24) is 4.90 Å². The molecule has 0 aromatic carbocycles. The molecule has 1 rings (SSSR count). The Morgan fingerprint density at radius 3 is 2.47 bits per heavy atom. The van der Waals surface area contributed by atoms with Crippen LogP contribution in [0.1, 0.15) is 27.2 Å². The van der Waals surface area contributed by atoms with Crippen molar-refractivity contribution in [3.63, 3.8) is 0 Å². The van der Waals surface area contributed by atoms with Gasteiger partial charge in [0.2, 0.25) is 0 Å². The third-order valence-corrected chi connectivity index (χ3v) is 8.80. The Bertz CT molecular complexity index is 381. The Labute approximate surface area is 117 Å². The van der Waals surface area contributed by atoms with Crippen LogP contribution in [0.2, 0.25) is 18.1 Å². The first kappa shape index (κ1) is 16.1. The number of likely N-dealkylation sites (tertiary alicyclic amines) is 1. The van der Waals surface area contributed by atoms with Crippen molar-refractivity contribution in [2.24, 2.45) is 5.92 Å². The van der Waals surface area contributed by atoms with Crippen LogP contribution in [0, 0.1) is 18.3 Å². The molecule has 0 aliphatic carbocycles. The minimum Gasteiger partial charge on any atom is -0.465 e. The average Bonchev–Trinajstić information content (AvgIpc) is 2.26. The van der Waals surface area contributed by atoms with E-state index in [9.17, 15) is 4.79 Å². The van der Waals surface area contributed by atoms with E-state index >= 15 is 0 Å². The number of piperidine rings is 1. The number of hydrogen-bond donors (Lipinski definition) is 1. The zero-order valence-electron chi connectivity index (χ0n) is 12.6. The summed E-state index contributed by atoms with van der Waals surface area (Å²) in [5.41, 5.74) is 0. The molecule has 4 nitrogen and oxygen atoms in total. The number of rotatable bonds is 2. The van der Waals surface area contributed by atoms with Crippen LogP contribution in [0.25, 0.3) is 0 Å². The van der Waals surface area contributed by atoms with Gasteiger partial charge in [-0.3, -0.25) is 0 Å². The van der Waals surface area contributed by atoms with Gasteiger partial charge < -0.3 is 14.4 Å². The molecule has 5 heteroatoms. The first-order valence-electron chi connectivity index (χ1n) is 6.70. The maximum atomic E-state index is 11.1. The molecule has 0 aromatic heterocycles. The highest BCUT2D eigenvalue weighted by molar-refractivity contribution is 6.74. The van der Waals surface area contributed by atoms with Gasteiger partial charge in [-0.2, -0.15) is 0 Å². The summed E-state index contributed by atoms with van der Waals surface area (Å²) in [6.07, 6.45) is 5.19. The SMILES string of the molecule is C#C[C@@H]1CCN(C(=O)O)C[C@H]1O[Si](C)(C)C(C)(C)C. The summed E-state index contributed by atoms with van der Waals surface area (Å²) in [5.74, 6) is 2.78. The van der Waals surface area contributed by atoms with Gasteiger partial charge in [-0.1, -0.05) is 20.8 Å². The fourth-order valence-corrected chi connectivity index (χ4v) is 3.30. The Hall–Kier alpha value is -0.993. The smallest absolute Gasteiger partial charge is 0.407 e. The molecule has 2 atom stereocenters. The van der Waals surface area contributed by atoms with Crippen LogP contribution in [0.5, 0.6) is 0 Å². The molecule has 0 saturated carbocycles. The molecule has 1 fully saturated rings. The van der Waals surface area contributed by atoms with Gasteiger partial charge in [-0.05, 0) is 24.6 Å². The maximum absolute atomic E-state index is 11.1. The van der Waals surface area contributed by atoms with E-state index in [1.807, 2.05) is 0 Å². The molecule has 108 valence electrons. The summed E-state index contributed by atoms with van der Waals surface area (Å²) in [6, 6.07) is 0. The third kappa shape index (κ3) is 3.74. The molecule has 1 heterocycles. The first-order chi connectivity index (χ1) is 8.58. The molecule has 0 aromatic rings. The van der Waals surface area contributed by atoms with Gasteiger partial charge in [0.05, 0.1) is 12.6 Å². The summed E-state index contributed by atoms with van der Waals surface area (Å²) in [5, 5.41) is 9.20. The largest absolute Gasteiger partial charge is 0.465 e. The predicted octanol–water partition coefficient (Wildman–Crippen LogP) is 3.01. The van der Waals surface area contributed by atoms with Crippen LogP contribution in [0.15, 0.2) is 0 Å². The van der Waals surface area contributed by atoms with Crippen molar-refractivity contribution < 1.29 is 14.3 Å². The lowest BCUT2D eigenvalue weighted by Crippen LogP contribution is -2.53. The summed E-state index contributed by atoms with van der Waals surface area (Å²) in [7, 11) is -1.93. The molecule has 1 saturated heterocycles. The van der Waals surface area contributed by atoms with Crippen LogP contribution < -0.4 is 0 Å². The standard InChI is InChI=1S/C14H25NO3Si/c1-7-11-8-9-15(13(16)17)10-12(11)18-19(5,6)14(2,3)4/h1,11-12H,8-10H2,2-6H3,(H,16,17)/t11-,12-/m1/s1. The Kier molecular flexibility index (Phi) is 4.70. The molecule has 1 aliphatic heterocycles. The van der Waals surface area contributed by atoms with Gasteiger partial charge in [-0.25, -0.2) is 4.79 Å². The lowest BCUT2D eigenvalue weighted by atomic mass is 9.95. The topological polar surface area (TPSA) is 49.8 Å². The molecule has 0 unspecified atom stereocenters. The van der Waals surface area contributed by atoms with Crippen LogP contribution >= 0.6 is 0 Å². The fraction of sp³-hybridized carbons (Fsp3) is 0.786. The number of hydrogen-bond acceptors (Lipinski definition) is 2. The van der Waals surface area contributed by atoms with Crippen LogP contribution in [0.3, 0.4) is 0 Å². The van der Waals surface area contributed by atoms with E-state index in [1.54, 1.807) is 0 Å². The number of carbonyl (C=O) groups is 1. The number of terminal acetylenes is 1. The second-order valence-corrected chi connectivity index (χ2v) is 11.5. The van der Waals surface area contributed by atoms with E-state index < -0.39 is 14.4 Å². The van der Waals surface area contributed by atoms with Crippen molar-refractivity contribution in [3.8, 4) is 12.3 Å². The van der Waals surface area contributed by atoms with E-state index in [2.05, 4.69) is 39.8 Å². The Morgan fingerprint density at radius 1 is 1.47 bits per heavy atom. The normalized spacial score (nSPS) is 24.9. The Balaban J connectivity index is 2.83. The van der Waals surface area contributed by atoms with Crippen molar-refractivity contribution in [3.05, 3.63) is 0 Å². The number of carboxylic acid groups (broad SMARTS) is 1. The summed E-state index contributed by atoms with van der Waals surface area (Å²) in [6.45, 7) is 11.7. The molecule has 1 amide bonds. The van der Waals surface area contributed by atoms with E-state index in [0.717, 1.165) is 0 Å². The van der Waals surface area contributed by atoms with Gasteiger partial charge in [0.15, 0.2) is 8.32 Å². The average molecular weight is 283 g/mol. The van der Waals surface area contributed by atoms with Crippen LogP contribution in [0.4, 0.5) is 4.79 Å². The minimum absolute atomic E-state index is 0.0183. The third-order valence-electron chi connectivity index (χ3n) is 4.30. The predicted molar refractivity (Wildman–Crippen MR) is 78.6 cm³/mol. The molecule has 0 bridgehead atoms. The van der Waals surface area contributed by atoms with Crippen molar-refractivity contribution in [2.75, 3.05) is 13.1 Å². The maximum Gasteiger partial charge on any atom is 0.407 e. The minimum atomic E-state index is -1.93. The number of nitrogens with zero attached hydrogens (tertiary/aromatic N) is 1. The zero-order chi connectivity index (χ0) is 14.8. The van der Waals surface area contributed by atoms with Gasteiger partial charge in [-0.15, -0.1) is 12.3 Å². The quantitative estimate of drug-likeness (QED) is 0.626. The summed E-state index contributed by atoms with van der Waals surface area (Å²) >= 11 is 0. The van der Waals surface area contributed by atoms with E-state index in [1.165, 1.54) is 4.90 Å². The van der Waals surface area contributed by atoms with E-state index in [4.69, 9.17) is 16.0 Å². The summed E-state index contributed by atoms with van der Waals surface area (Å²) in [4.78, 5) is 12.5. The van der Waals surface area contributed by atoms with Gasteiger partial charge in [0, 0.05) is 12.5 Å². The highest BCUT2D eigenvalue weighted by Gasteiger charge is 2.42. The zero-order valence-corrected chi connectivity index (χ0v) is 13.6. The van der Waals surface area contributed by atoms with E-state index in [-0.39, 0.29) is 17.1 Å². The molecule has 1 N–H and O–H groups in total. The summed E-state index contributed by atoms with van der Waals surface area (Å²) < 4.78 is 6.32. The highest BCUT2D eigenvalue weighted by Crippen LogP contribution is 2.38. The van der Waals surface area contributed by atoms with Crippen LogP contribution in [-0.4, -0.2) is 43.6 Å². The second-order valence-electron chi connectivity index (χ2n) is 6.71. The molecule has 1 aliphatic rings. The Morgan fingerprint density at radius 2 is 2.05 bits per heavy atom. The molecule has 19 heavy (non-hydrogen) atoms. The van der Waals surface area contributed by atoms with Gasteiger partial charge in [0.1, 0.15) is 0 Å². The van der Waals surface area contributed by atoms with Gasteiger partial charge >= 0.3 is 6.09 Å². The molecular formula is C14H25NO3Si. The molecule has 0 radical (unpaired) electrons. The van der Waals surface area contributed by atoms with Crippen molar-refractivity contribution in [2.45, 2.75) is 51.4 Å². The molecule has 0 spiro atoms. The monoisotopic (exact) mass is 283 g/mol. The van der Waals surface area contributed by atoms with Crippen LogP contribution in [-0.2, 0) is 4.43 Å². The van der Waals surface area contributed by atoms with Gasteiger partial charge in [0.25, 0.3) is 0 Å². The highest BCUT2D eigenvalue weighted by atomic mass is 28.4. The van der Waals surface area contributed by atoms with Crippen molar-refractivity contribution >= 4 is 14.4 Å². The lowest BCUT2D eigenvalue weighted by molar-refractivity contribution is 0.0506. The number of amides is 1.